The zero-order chi connectivity index (χ0) is 8.66. The summed E-state index contributed by atoms with van der Waals surface area (Å²) in [6, 6.07) is 0. The molecule has 2 aliphatic heterocycles. The highest BCUT2D eigenvalue weighted by Gasteiger charge is 2.56. The van der Waals surface area contributed by atoms with E-state index in [0.717, 1.165) is 17.9 Å². The first kappa shape index (κ1) is 8.81. The maximum atomic E-state index is 10.1. The molecule has 4 heteroatoms. The Kier molecular flexibility index (Phi) is 2.11. The predicted octanol–water partition coefficient (Wildman–Crippen LogP) is -0.137. The largest absolute Gasteiger partial charge is 0.396 e. The van der Waals surface area contributed by atoms with Crippen molar-refractivity contribution in [2.45, 2.75) is 12.0 Å². The van der Waals surface area contributed by atoms with E-state index in [2.05, 4.69) is 0 Å². The van der Waals surface area contributed by atoms with Crippen molar-refractivity contribution < 1.29 is 14.9 Å². The van der Waals surface area contributed by atoms with Crippen molar-refractivity contribution in [1.29, 1.82) is 0 Å². The third-order valence-corrected chi connectivity index (χ3v) is 4.32. The van der Waals surface area contributed by atoms with E-state index in [1.807, 2.05) is 0 Å². The van der Waals surface area contributed by atoms with Crippen LogP contribution >= 0.6 is 11.8 Å². The van der Waals surface area contributed by atoms with Gasteiger partial charge in [0, 0.05) is 11.2 Å². The van der Waals surface area contributed by atoms with E-state index in [0.29, 0.717) is 13.2 Å². The molecule has 0 amide bonds. The van der Waals surface area contributed by atoms with Crippen molar-refractivity contribution in [3.63, 3.8) is 0 Å². The Hall–Kier alpha value is 0.230. The van der Waals surface area contributed by atoms with Gasteiger partial charge in [-0.05, 0) is 12.2 Å². The zero-order valence-corrected chi connectivity index (χ0v) is 7.77. The van der Waals surface area contributed by atoms with Gasteiger partial charge in [-0.15, -0.1) is 0 Å². The van der Waals surface area contributed by atoms with Gasteiger partial charge in [0.1, 0.15) is 5.60 Å². The first-order valence-electron chi connectivity index (χ1n) is 4.21. The molecule has 0 aromatic carbocycles. The number of thioether (sulfide) groups is 1. The van der Waals surface area contributed by atoms with Gasteiger partial charge in [0.15, 0.2) is 0 Å². The van der Waals surface area contributed by atoms with Crippen LogP contribution in [0.15, 0.2) is 0 Å². The molecular formula is C8H14O3S. The molecule has 0 radical (unpaired) electrons. The zero-order valence-electron chi connectivity index (χ0n) is 6.95. The highest BCUT2D eigenvalue weighted by molar-refractivity contribution is 7.99. The fourth-order valence-corrected chi connectivity index (χ4v) is 3.42. The van der Waals surface area contributed by atoms with Crippen LogP contribution in [0.4, 0.5) is 0 Å². The average Bonchev–Trinajstić information content (AvgIpc) is 2.49. The van der Waals surface area contributed by atoms with Gasteiger partial charge in [-0.1, -0.05) is 0 Å². The van der Waals surface area contributed by atoms with Crippen molar-refractivity contribution in [2.75, 3.05) is 31.3 Å². The maximum absolute atomic E-state index is 10.1. The molecule has 0 aromatic heterocycles. The van der Waals surface area contributed by atoms with E-state index < -0.39 is 5.60 Å². The molecule has 0 aromatic rings. The molecule has 2 fully saturated rings. The van der Waals surface area contributed by atoms with Crippen LogP contribution in [0.3, 0.4) is 0 Å². The van der Waals surface area contributed by atoms with Gasteiger partial charge in [0.05, 0.1) is 19.8 Å². The van der Waals surface area contributed by atoms with Gasteiger partial charge < -0.3 is 14.9 Å². The summed E-state index contributed by atoms with van der Waals surface area (Å²) in [5, 5.41) is 19.4. The van der Waals surface area contributed by atoms with Crippen molar-refractivity contribution in [3.8, 4) is 0 Å². The van der Waals surface area contributed by atoms with Crippen LogP contribution in [-0.4, -0.2) is 47.1 Å². The van der Waals surface area contributed by atoms with Gasteiger partial charge in [-0.2, -0.15) is 11.8 Å². The monoisotopic (exact) mass is 190 g/mol. The minimum Gasteiger partial charge on any atom is -0.396 e. The summed E-state index contributed by atoms with van der Waals surface area (Å²) in [5.74, 6) is 1.91. The fourth-order valence-electron chi connectivity index (χ4n) is 1.85. The summed E-state index contributed by atoms with van der Waals surface area (Å²) in [6.07, 6.45) is 0.911. The topological polar surface area (TPSA) is 49.7 Å². The Morgan fingerprint density at radius 3 is 2.50 bits per heavy atom. The van der Waals surface area contributed by atoms with Crippen LogP contribution in [0.2, 0.25) is 0 Å². The first-order valence-corrected chi connectivity index (χ1v) is 5.37. The highest BCUT2D eigenvalue weighted by Crippen LogP contribution is 2.47. The molecule has 2 aliphatic rings. The first-order chi connectivity index (χ1) is 5.72. The minimum absolute atomic E-state index is 0.0832. The second-order valence-electron chi connectivity index (χ2n) is 3.77. The van der Waals surface area contributed by atoms with Gasteiger partial charge in [-0.25, -0.2) is 0 Å². The molecule has 2 heterocycles. The third-order valence-electron chi connectivity index (χ3n) is 3.07. The molecule has 2 N–H and O–H groups in total. The molecule has 2 rings (SSSR count). The Labute approximate surface area is 76.1 Å². The van der Waals surface area contributed by atoms with Gasteiger partial charge in [0.25, 0.3) is 0 Å². The summed E-state index contributed by atoms with van der Waals surface area (Å²) >= 11 is 1.81. The standard InChI is InChI=1S/C8H14O3S/c9-3-7(1-2-12-6-7)8(10)4-11-5-8/h9-10H,1-6H2. The molecule has 0 bridgehead atoms. The van der Waals surface area contributed by atoms with Crippen molar-refractivity contribution >= 4 is 11.8 Å². The lowest BCUT2D eigenvalue weighted by Crippen LogP contribution is -2.63. The SMILES string of the molecule is OCC1(C2(O)COC2)CCSC1. The molecule has 0 spiro atoms. The Morgan fingerprint density at radius 1 is 1.42 bits per heavy atom. The number of hydrogen-bond acceptors (Lipinski definition) is 4. The van der Waals surface area contributed by atoms with E-state index in [1.165, 1.54) is 0 Å². The Morgan fingerprint density at radius 2 is 2.17 bits per heavy atom. The summed E-state index contributed by atoms with van der Waals surface area (Å²) in [6.45, 7) is 0.877. The number of aliphatic hydroxyl groups excluding tert-OH is 1. The van der Waals surface area contributed by atoms with Gasteiger partial charge >= 0.3 is 0 Å². The molecule has 1 atom stereocenters. The number of aliphatic hydroxyl groups is 2. The van der Waals surface area contributed by atoms with Crippen LogP contribution in [-0.2, 0) is 4.74 Å². The molecular weight excluding hydrogens is 176 g/mol. The van der Waals surface area contributed by atoms with Crippen LogP contribution in [0.25, 0.3) is 0 Å². The van der Waals surface area contributed by atoms with E-state index in [-0.39, 0.29) is 12.0 Å². The predicted molar refractivity (Wildman–Crippen MR) is 47.2 cm³/mol. The minimum atomic E-state index is -0.745. The molecule has 3 nitrogen and oxygen atoms in total. The smallest absolute Gasteiger partial charge is 0.120 e. The Balaban J connectivity index is 2.15. The summed E-state index contributed by atoms with van der Waals surface area (Å²) in [5.41, 5.74) is -1.03. The summed E-state index contributed by atoms with van der Waals surface area (Å²) in [4.78, 5) is 0. The van der Waals surface area contributed by atoms with Gasteiger partial charge in [0.2, 0.25) is 0 Å². The second-order valence-corrected chi connectivity index (χ2v) is 4.87. The quantitative estimate of drug-likeness (QED) is 0.636. The van der Waals surface area contributed by atoms with Crippen molar-refractivity contribution in [2.24, 2.45) is 5.41 Å². The lowest BCUT2D eigenvalue weighted by molar-refractivity contribution is -0.242. The number of hydrogen-bond donors (Lipinski definition) is 2. The summed E-state index contributed by atoms with van der Waals surface area (Å²) in [7, 11) is 0. The highest BCUT2D eigenvalue weighted by atomic mass is 32.2. The van der Waals surface area contributed by atoms with Crippen LogP contribution in [0, 0.1) is 5.41 Å². The van der Waals surface area contributed by atoms with Crippen LogP contribution in [0.5, 0.6) is 0 Å². The van der Waals surface area contributed by atoms with E-state index >= 15 is 0 Å². The second kappa shape index (κ2) is 2.87. The lowest BCUT2D eigenvalue weighted by atomic mass is 9.70. The molecule has 1 unspecified atom stereocenters. The van der Waals surface area contributed by atoms with E-state index in [4.69, 9.17) is 4.74 Å². The average molecular weight is 190 g/mol. The summed E-state index contributed by atoms with van der Waals surface area (Å²) < 4.78 is 5.01. The number of ether oxygens (including phenoxy) is 1. The molecule has 70 valence electrons. The molecule has 0 saturated carbocycles. The molecule has 2 saturated heterocycles. The number of rotatable bonds is 2. The lowest BCUT2D eigenvalue weighted by Gasteiger charge is -2.48. The van der Waals surface area contributed by atoms with Gasteiger partial charge in [-0.3, -0.25) is 0 Å². The van der Waals surface area contributed by atoms with E-state index in [9.17, 15) is 10.2 Å². The fraction of sp³-hybridized carbons (Fsp3) is 1.00. The van der Waals surface area contributed by atoms with Crippen molar-refractivity contribution in [1.82, 2.24) is 0 Å². The Bertz CT molecular complexity index is 173. The van der Waals surface area contributed by atoms with E-state index in [1.54, 1.807) is 11.8 Å². The van der Waals surface area contributed by atoms with Crippen molar-refractivity contribution in [3.05, 3.63) is 0 Å². The third kappa shape index (κ3) is 1.02. The van der Waals surface area contributed by atoms with Crippen LogP contribution in [0.1, 0.15) is 6.42 Å². The normalized spacial score (nSPS) is 39.5. The van der Waals surface area contributed by atoms with Crippen LogP contribution < -0.4 is 0 Å². The molecule has 12 heavy (non-hydrogen) atoms. The maximum Gasteiger partial charge on any atom is 0.120 e. The molecule has 0 aliphatic carbocycles.